The standard InChI is InChI=1S/C30H38N8O5/c1-6-43-23-13-19-7-9-37-21(20(19)14-22(23)42-5)15-24(33-25-17(3)11-16(2)12-18(25)4)38(30(37)41)10-8-32-29(40)27-26(28(31)39)34-36-35-27/h11-15,28,34-36,39H,6-10,31H2,1-5H3,(H,32,40)/p+1. The molecule has 0 radical (unpaired) electrons. The zero-order valence-electron chi connectivity index (χ0n) is 25.1. The van der Waals surface area contributed by atoms with Gasteiger partial charge in [0, 0.05) is 31.3 Å². The summed E-state index contributed by atoms with van der Waals surface area (Å²) in [7, 11) is 1.60. The van der Waals surface area contributed by atoms with Crippen molar-refractivity contribution < 1.29 is 24.9 Å². The number of nitrogens with one attached hydrogen (secondary N) is 3. The first-order valence-corrected chi connectivity index (χ1v) is 14.2. The van der Waals surface area contributed by atoms with Gasteiger partial charge in [0.05, 0.1) is 25.1 Å². The Bertz CT molecular complexity index is 1710. The summed E-state index contributed by atoms with van der Waals surface area (Å²) < 4.78 is 14.7. The van der Waals surface area contributed by atoms with E-state index in [0.29, 0.717) is 36.6 Å². The number of benzene rings is 2. The zero-order chi connectivity index (χ0) is 30.8. The number of quaternary nitrogens is 1. The van der Waals surface area contributed by atoms with Crippen molar-refractivity contribution in [3.05, 3.63) is 80.0 Å². The van der Waals surface area contributed by atoms with Crippen molar-refractivity contribution in [3.8, 4) is 22.8 Å². The maximum Gasteiger partial charge on any atom is 0.330 e. The second-order valence-corrected chi connectivity index (χ2v) is 10.6. The molecule has 43 heavy (non-hydrogen) atoms. The smallest absolute Gasteiger partial charge is 0.330 e. The van der Waals surface area contributed by atoms with E-state index in [9.17, 15) is 14.7 Å². The highest BCUT2D eigenvalue weighted by molar-refractivity contribution is 5.93. The Kier molecular flexibility index (Phi) is 8.57. The van der Waals surface area contributed by atoms with Crippen molar-refractivity contribution in [2.45, 2.75) is 53.4 Å². The van der Waals surface area contributed by atoms with Crippen molar-refractivity contribution >= 4 is 11.6 Å². The van der Waals surface area contributed by atoms with E-state index in [4.69, 9.17) is 20.2 Å². The van der Waals surface area contributed by atoms with Gasteiger partial charge in [0.1, 0.15) is 11.2 Å². The number of aromatic nitrogens is 2. The minimum Gasteiger partial charge on any atom is -0.493 e. The summed E-state index contributed by atoms with van der Waals surface area (Å²) >= 11 is 0. The molecule has 228 valence electrons. The number of nitrogens with zero attached hydrogens (tertiary/aromatic N) is 3. The summed E-state index contributed by atoms with van der Waals surface area (Å²) in [5, 5.41) is 12.6. The number of amides is 1. The number of rotatable bonds is 9. The highest BCUT2D eigenvalue weighted by Crippen LogP contribution is 2.37. The van der Waals surface area contributed by atoms with Crippen LogP contribution in [-0.4, -0.2) is 46.6 Å². The summed E-state index contributed by atoms with van der Waals surface area (Å²) in [5.41, 5.74) is 19.6. The fraction of sp³-hybridized carbons (Fsp3) is 0.367. The number of nitrogens with two attached hydrogens (primary N) is 2. The summed E-state index contributed by atoms with van der Waals surface area (Å²) in [6, 6.07) is 9.95. The van der Waals surface area contributed by atoms with E-state index in [1.807, 2.05) is 45.9 Å². The number of hydrogen-bond donors (Lipinski definition) is 6. The average Bonchev–Trinajstić information content (AvgIpc) is 3.47. The van der Waals surface area contributed by atoms with Gasteiger partial charge in [0.2, 0.25) is 0 Å². The van der Waals surface area contributed by atoms with Gasteiger partial charge in [0.15, 0.2) is 23.4 Å². The highest BCUT2D eigenvalue weighted by atomic mass is 16.5. The monoisotopic (exact) mass is 591 g/mol. The normalized spacial score (nSPS) is 14.9. The van der Waals surface area contributed by atoms with E-state index >= 15 is 0 Å². The average molecular weight is 592 g/mol. The topological polar surface area (TPSA) is 174 Å². The fourth-order valence-corrected chi connectivity index (χ4v) is 5.66. The maximum absolute atomic E-state index is 14.1. The number of carbonyl (C=O) groups excluding carboxylic acids is 1. The highest BCUT2D eigenvalue weighted by Gasteiger charge is 2.27. The van der Waals surface area contributed by atoms with Crippen LogP contribution in [0.3, 0.4) is 0 Å². The van der Waals surface area contributed by atoms with Crippen LogP contribution in [0.2, 0.25) is 0 Å². The van der Waals surface area contributed by atoms with Gasteiger partial charge < -0.3 is 25.6 Å². The van der Waals surface area contributed by atoms with Crippen molar-refractivity contribution in [2.24, 2.45) is 10.7 Å². The first-order valence-electron chi connectivity index (χ1n) is 14.2. The third-order valence-electron chi connectivity index (χ3n) is 7.58. The lowest BCUT2D eigenvalue weighted by atomic mass is 9.97. The second kappa shape index (κ2) is 12.3. The van der Waals surface area contributed by atoms with Crippen molar-refractivity contribution in [3.63, 3.8) is 0 Å². The Morgan fingerprint density at radius 1 is 1.16 bits per heavy atom. The Hall–Kier alpha value is -4.59. The Morgan fingerprint density at radius 2 is 1.91 bits per heavy atom. The third kappa shape index (κ3) is 5.87. The minimum absolute atomic E-state index is 0.120. The molecule has 3 heterocycles. The van der Waals surface area contributed by atoms with Crippen LogP contribution in [0.5, 0.6) is 11.5 Å². The zero-order valence-corrected chi connectivity index (χ0v) is 25.1. The number of hydrogen-bond acceptors (Lipinski definition) is 9. The predicted molar refractivity (Wildman–Crippen MR) is 160 cm³/mol. The molecule has 1 aromatic heterocycles. The van der Waals surface area contributed by atoms with Crippen LogP contribution in [0.25, 0.3) is 11.3 Å². The first-order chi connectivity index (χ1) is 20.6. The molecule has 13 heteroatoms. The largest absolute Gasteiger partial charge is 0.493 e. The molecule has 3 aromatic rings. The second-order valence-electron chi connectivity index (χ2n) is 10.6. The van der Waals surface area contributed by atoms with E-state index in [1.165, 1.54) is 5.53 Å². The predicted octanol–water partition coefficient (Wildman–Crippen LogP) is -0.371. The molecule has 0 saturated carbocycles. The number of fused-ring (bicyclic) bond motifs is 3. The Morgan fingerprint density at radius 3 is 2.58 bits per heavy atom. The summed E-state index contributed by atoms with van der Waals surface area (Å²) in [5.74, 6) is 0.796. The SMILES string of the molecule is CCOc1cc2c(cc1OC)-c1cc(=Nc3c(C)cc(C)cc3C)n(CCNC(=O)C3=C(C(N)O)N[NH2+]N3)c(=O)n1CC2. The third-order valence-corrected chi connectivity index (χ3v) is 7.58. The summed E-state index contributed by atoms with van der Waals surface area (Å²) in [6.07, 6.45) is -0.701. The molecule has 1 unspecified atom stereocenters. The number of methoxy groups -OCH3 is 1. The van der Waals surface area contributed by atoms with Gasteiger partial charge >= 0.3 is 5.69 Å². The van der Waals surface area contributed by atoms with E-state index in [1.54, 1.807) is 16.2 Å². The maximum atomic E-state index is 14.1. The molecule has 0 bridgehead atoms. The van der Waals surface area contributed by atoms with Gasteiger partial charge in [0.25, 0.3) is 5.91 Å². The minimum atomic E-state index is -1.34. The quantitative estimate of drug-likeness (QED) is 0.144. The molecule has 8 N–H and O–H groups in total. The molecule has 2 aliphatic heterocycles. The molecule has 0 saturated heterocycles. The molecule has 1 amide bonds. The van der Waals surface area contributed by atoms with E-state index < -0.39 is 12.1 Å². The summed E-state index contributed by atoms with van der Waals surface area (Å²) in [6.45, 7) is 9.25. The molecule has 0 fully saturated rings. The molecule has 1 atom stereocenters. The van der Waals surface area contributed by atoms with Gasteiger partial charge in [-0.25, -0.2) is 20.6 Å². The van der Waals surface area contributed by atoms with Crippen molar-refractivity contribution in [1.29, 1.82) is 0 Å². The molecule has 13 nitrogen and oxygen atoms in total. The van der Waals surface area contributed by atoms with Gasteiger partial charge in [-0.3, -0.25) is 13.9 Å². The van der Waals surface area contributed by atoms with Crippen molar-refractivity contribution in [2.75, 3.05) is 20.3 Å². The lowest BCUT2D eigenvalue weighted by Gasteiger charge is -2.25. The summed E-state index contributed by atoms with van der Waals surface area (Å²) in [4.78, 5) is 31.9. The molecule has 2 aliphatic rings. The van der Waals surface area contributed by atoms with Crippen LogP contribution in [0.4, 0.5) is 5.69 Å². The first kappa shape index (κ1) is 29.9. The van der Waals surface area contributed by atoms with Gasteiger partial charge in [-0.15, -0.1) is 5.53 Å². The van der Waals surface area contributed by atoms with Crippen LogP contribution in [0.1, 0.15) is 29.2 Å². The number of aliphatic hydroxyl groups excluding tert-OH is 1. The molecule has 5 rings (SSSR count). The molecule has 2 aromatic carbocycles. The molecular formula is C30H39N8O5+. The van der Waals surface area contributed by atoms with Crippen LogP contribution in [0.15, 0.2) is 51.5 Å². The van der Waals surface area contributed by atoms with Crippen LogP contribution < -0.4 is 48.1 Å². The molecule has 0 aliphatic carbocycles. The Labute approximate surface area is 249 Å². The van der Waals surface area contributed by atoms with E-state index in [-0.39, 0.29) is 30.2 Å². The number of ether oxygens (including phenoxy) is 2. The molecular weight excluding hydrogens is 552 g/mol. The van der Waals surface area contributed by atoms with Gasteiger partial charge in [-0.05, 0) is 62.9 Å². The fourth-order valence-electron chi connectivity index (χ4n) is 5.66. The van der Waals surface area contributed by atoms with Gasteiger partial charge in [-0.1, -0.05) is 17.7 Å². The number of carbonyl (C=O) groups is 1. The number of aliphatic hydroxyl groups is 1. The lowest BCUT2D eigenvalue weighted by Crippen LogP contribution is -2.97. The Balaban J connectivity index is 1.60. The number of aryl methyl sites for hydroxylation is 4. The van der Waals surface area contributed by atoms with Gasteiger partial charge in [-0.2, -0.15) is 0 Å². The van der Waals surface area contributed by atoms with Crippen LogP contribution >= 0.6 is 0 Å². The molecule has 0 spiro atoms. The lowest BCUT2D eigenvalue weighted by molar-refractivity contribution is -0.741. The van der Waals surface area contributed by atoms with Crippen molar-refractivity contribution in [1.82, 2.24) is 25.3 Å². The van der Waals surface area contributed by atoms with Crippen LogP contribution in [0, 0.1) is 20.8 Å². The van der Waals surface area contributed by atoms with E-state index in [0.717, 1.165) is 39.2 Å². The van der Waals surface area contributed by atoms with Crippen LogP contribution in [-0.2, 0) is 24.3 Å². The van der Waals surface area contributed by atoms with E-state index in [2.05, 4.69) is 28.3 Å².